The van der Waals surface area contributed by atoms with E-state index in [2.05, 4.69) is 36.5 Å². The molecule has 1 aromatic rings. The molecule has 1 rings (SSSR count). The standard InChI is InChI=1S/C14H26N4O/c1-5-13-12(10-18(4)17-13)8-15-9-14(19)16-7-6-11(2)3/h10-11,15H,5-9H2,1-4H3,(H,16,19). The molecule has 0 aliphatic heterocycles. The predicted octanol–water partition coefficient (Wildman–Crippen LogP) is 1.23. The summed E-state index contributed by atoms with van der Waals surface area (Å²) in [7, 11) is 1.92. The van der Waals surface area contributed by atoms with Gasteiger partial charge in [0.1, 0.15) is 0 Å². The van der Waals surface area contributed by atoms with Gasteiger partial charge in [-0.3, -0.25) is 9.48 Å². The first-order chi connectivity index (χ1) is 9.02. The molecule has 0 saturated heterocycles. The van der Waals surface area contributed by atoms with Crippen LogP contribution in [0.5, 0.6) is 0 Å². The number of hydrogen-bond acceptors (Lipinski definition) is 3. The number of amides is 1. The second-order valence-electron chi connectivity index (χ2n) is 5.26. The summed E-state index contributed by atoms with van der Waals surface area (Å²) in [6, 6.07) is 0. The number of aromatic nitrogens is 2. The molecule has 0 aromatic carbocycles. The number of nitrogens with zero attached hydrogens (tertiary/aromatic N) is 2. The first kappa shape index (κ1) is 15.7. The molecule has 108 valence electrons. The van der Waals surface area contributed by atoms with Crippen LogP contribution in [0.15, 0.2) is 6.20 Å². The Labute approximate surface area is 115 Å². The van der Waals surface area contributed by atoms with E-state index in [0.717, 1.165) is 25.1 Å². The summed E-state index contributed by atoms with van der Waals surface area (Å²) in [6.07, 6.45) is 3.94. The Bertz CT molecular complexity index is 398. The number of carbonyl (C=O) groups is 1. The number of carbonyl (C=O) groups excluding carboxylic acids is 1. The van der Waals surface area contributed by atoms with Gasteiger partial charge in [-0.15, -0.1) is 0 Å². The van der Waals surface area contributed by atoms with Crippen molar-refractivity contribution in [1.29, 1.82) is 0 Å². The topological polar surface area (TPSA) is 59.0 Å². The smallest absolute Gasteiger partial charge is 0.233 e. The number of nitrogens with one attached hydrogen (secondary N) is 2. The van der Waals surface area contributed by atoms with Gasteiger partial charge in [0.25, 0.3) is 0 Å². The minimum absolute atomic E-state index is 0.0580. The third-order valence-electron chi connectivity index (χ3n) is 2.97. The minimum Gasteiger partial charge on any atom is -0.355 e. The SMILES string of the molecule is CCc1nn(C)cc1CNCC(=O)NCCC(C)C. The average Bonchev–Trinajstić information content (AvgIpc) is 2.69. The summed E-state index contributed by atoms with van der Waals surface area (Å²) in [5, 5.41) is 10.4. The maximum atomic E-state index is 11.6. The van der Waals surface area contributed by atoms with Gasteiger partial charge in [0.05, 0.1) is 12.2 Å². The predicted molar refractivity (Wildman–Crippen MR) is 76.8 cm³/mol. The van der Waals surface area contributed by atoms with Crippen molar-refractivity contribution in [3.8, 4) is 0 Å². The molecule has 0 aliphatic carbocycles. The van der Waals surface area contributed by atoms with Crippen molar-refractivity contribution in [2.45, 2.75) is 40.2 Å². The van der Waals surface area contributed by atoms with Crippen LogP contribution in [0.25, 0.3) is 0 Å². The van der Waals surface area contributed by atoms with Crippen LogP contribution in [0.1, 0.15) is 38.4 Å². The number of aryl methyl sites for hydroxylation is 2. The van der Waals surface area contributed by atoms with Crippen LogP contribution in [0.3, 0.4) is 0 Å². The maximum absolute atomic E-state index is 11.6. The Morgan fingerprint density at radius 3 is 2.84 bits per heavy atom. The van der Waals surface area contributed by atoms with Crippen molar-refractivity contribution >= 4 is 5.91 Å². The van der Waals surface area contributed by atoms with Crippen molar-refractivity contribution < 1.29 is 4.79 Å². The summed E-state index contributed by atoms with van der Waals surface area (Å²) in [6.45, 7) is 8.19. The fourth-order valence-electron chi connectivity index (χ4n) is 1.90. The zero-order valence-corrected chi connectivity index (χ0v) is 12.5. The van der Waals surface area contributed by atoms with Crippen LogP contribution >= 0.6 is 0 Å². The largest absolute Gasteiger partial charge is 0.355 e. The van der Waals surface area contributed by atoms with E-state index in [9.17, 15) is 4.79 Å². The van der Waals surface area contributed by atoms with Crippen molar-refractivity contribution in [1.82, 2.24) is 20.4 Å². The van der Waals surface area contributed by atoms with Gasteiger partial charge in [-0.1, -0.05) is 20.8 Å². The zero-order valence-electron chi connectivity index (χ0n) is 12.5. The molecular formula is C14H26N4O. The molecule has 0 bridgehead atoms. The van der Waals surface area contributed by atoms with E-state index in [0.29, 0.717) is 19.0 Å². The molecule has 0 saturated carbocycles. The van der Waals surface area contributed by atoms with Gasteiger partial charge in [-0.2, -0.15) is 5.10 Å². The Hall–Kier alpha value is -1.36. The Kier molecular flexibility index (Phi) is 6.56. The summed E-state index contributed by atoms with van der Waals surface area (Å²) < 4.78 is 1.82. The molecule has 0 atom stereocenters. The maximum Gasteiger partial charge on any atom is 0.233 e. The molecule has 1 amide bonds. The third-order valence-corrected chi connectivity index (χ3v) is 2.97. The van der Waals surface area contributed by atoms with E-state index < -0.39 is 0 Å². The quantitative estimate of drug-likeness (QED) is 0.744. The van der Waals surface area contributed by atoms with Crippen LogP contribution in [0.4, 0.5) is 0 Å². The molecule has 0 fully saturated rings. The van der Waals surface area contributed by atoms with E-state index in [4.69, 9.17) is 0 Å². The summed E-state index contributed by atoms with van der Waals surface area (Å²) in [4.78, 5) is 11.6. The first-order valence-electron chi connectivity index (χ1n) is 7.01. The second-order valence-corrected chi connectivity index (χ2v) is 5.26. The molecule has 0 aliphatic rings. The van der Waals surface area contributed by atoms with Gasteiger partial charge in [-0.25, -0.2) is 0 Å². The van der Waals surface area contributed by atoms with E-state index in [1.54, 1.807) is 0 Å². The molecule has 19 heavy (non-hydrogen) atoms. The average molecular weight is 266 g/mol. The van der Waals surface area contributed by atoms with Crippen LogP contribution in [0, 0.1) is 5.92 Å². The molecule has 5 nitrogen and oxygen atoms in total. The lowest BCUT2D eigenvalue weighted by Crippen LogP contribution is -2.34. The third kappa shape index (κ3) is 5.87. The highest BCUT2D eigenvalue weighted by atomic mass is 16.1. The molecule has 0 spiro atoms. The normalized spacial score (nSPS) is 11.0. The Balaban J connectivity index is 2.24. The van der Waals surface area contributed by atoms with Gasteiger partial charge < -0.3 is 10.6 Å². The van der Waals surface area contributed by atoms with Crippen LogP contribution < -0.4 is 10.6 Å². The zero-order chi connectivity index (χ0) is 14.3. The molecule has 0 radical (unpaired) electrons. The Morgan fingerprint density at radius 2 is 2.21 bits per heavy atom. The van der Waals surface area contributed by atoms with Crippen molar-refractivity contribution in [3.63, 3.8) is 0 Å². The molecule has 1 aromatic heterocycles. The van der Waals surface area contributed by atoms with Gasteiger partial charge in [0.15, 0.2) is 0 Å². The van der Waals surface area contributed by atoms with E-state index in [-0.39, 0.29) is 5.91 Å². The van der Waals surface area contributed by atoms with Crippen LogP contribution in [-0.4, -0.2) is 28.8 Å². The molecule has 5 heteroatoms. The van der Waals surface area contributed by atoms with Gasteiger partial charge in [-0.05, 0) is 18.8 Å². The van der Waals surface area contributed by atoms with E-state index in [1.807, 2.05) is 17.9 Å². The molecule has 2 N–H and O–H groups in total. The first-order valence-corrected chi connectivity index (χ1v) is 7.01. The summed E-state index contributed by atoms with van der Waals surface area (Å²) in [5.41, 5.74) is 2.26. The van der Waals surface area contributed by atoms with Crippen LogP contribution in [0.2, 0.25) is 0 Å². The minimum atomic E-state index is 0.0580. The highest BCUT2D eigenvalue weighted by Crippen LogP contribution is 2.06. The molecule has 0 unspecified atom stereocenters. The van der Waals surface area contributed by atoms with Gasteiger partial charge in [0.2, 0.25) is 5.91 Å². The second kappa shape index (κ2) is 7.94. The summed E-state index contributed by atoms with van der Waals surface area (Å²) >= 11 is 0. The highest BCUT2D eigenvalue weighted by molar-refractivity contribution is 5.77. The Morgan fingerprint density at radius 1 is 1.47 bits per heavy atom. The van der Waals surface area contributed by atoms with Crippen molar-refractivity contribution in [2.75, 3.05) is 13.1 Å². The fraction of sp³-hybridized carbons (Fsp3) is 0.714. The van der Waals surface area contributed by atoms with Gasteiger partial charge in [0, 0.05) is 31.9 Å². The summed E-state index contributed by atoms with van der Waals surface area (Å²) in [5.74, 6) is 0.679. The monoisotopic (exact) mass is 266 g/mol. The van der Waals surface area contributed by atoms with Crippen molar-refractivity contribution in [3.05, 3.63) is 17.5 Å². The van der Waals surface area contributed by atoms with E-state index >= 15 is 0 Å². The molecule has 1 heterocycles. The lowest BCUT2D eigenvalue weighted by atomic mass is 10.1. The number of rotatable bonds is 8. The molecular weight excluding hydrogens is 240 g/mol. The number of hydrogen-bond donors (Lipinski definition) is 2. The van der Waals surface area contributed by atoms with E-state index in [1.165, 1.54) is 5.56 Å². The highest BCUT2D eigenvalue weighted by Gasteiger charge is 2.06. The van der Waals surface area contributed by atoms with Crippen molar-refractivity contribution in [2.24, 2.45) is 13.0 Å². The lowest BCUT2D eigenvalue weighted by Gasteiger charge is -2.08. The fourth-order valence-corrected chi connectivity index (χ4v) is 1.90. The lowest BCUT2D eigenvalue weighted by molar-refractivity contribution is -0.120. The van der Waals surface area contributed by atoms with Gasteiger partial charge >= 0.3 is 0 Å². The van der Waals surface area contributed by atoms with Crippen LogP contribution in [-0.2, 0) is 24.8 Å².